The van der Waals surface area contributed by atoms with E-state index in [0.717, 1.165) is 31.4 Å². The molecule has 2 amide bonds. The minimum absolute atomic E-state index is 0.256. The molecule has 1 aliphatic carbocycles. The zero-order valence-corrected chi connectivity index (χ0v) is 14.2. The standard InChI is InChI=1S/C18H23FN4O2/c1-12-8-17(22-23(12)15-6-3-5-14(19)10-15)21-18(25)20-11-13-4-2-7-16(24)9-13/h3,5-6,8,10,13,16,24H,2,4,7,9,11H2,1H3,(H2,20,21,22,25). The van der Waals surface area contributed by atoms with Crippen LogP contribution in [0.3, 0.4) is 0 Å². The zero-order chi connectivity index (χ0) is 17.8. The molecule has 3 N–H and O–H groups in total. The normalized spacial score (nSPS) is 20.3. The number of hydrogen-bond acceptors (Lipinski definition) is 3. The van der Waals surface area contributed by atoms with E-state index in [9.17, 15) is 14.3 Å². The fraction of sp³-hybridized carbons (Fsp3) is 0.444. The summed E-state index contributed by atoms with van der Waals surface area (Å²) in [6.07, 6.45) is 3.33. The molecule has 1 aromatic carbocycles. The Morgan fingerprint density at radius 3 is 3.00 bits per heavy atom. The van der Waals surface area contributed by atoms with Gasteiger partial charge < -0.3 is 10.4 Å². The van der Waals surface area contributed by atoms with Crippen molar-refractivity contribution in [1.82, 2.24) is 15.1 Å². The number of aryl methyl sites for hydroxylation is 1. The quantitative estimate of drug-likeness (QED) is 0.796. The van der Waals surface area contributed by atoms with Crippen molar-refractivity contribution in [2.45, 2.75) is 38.7 Å². The Labute approximate surface area is 146 Å². The molecule has 2 atom stereocenters. The van der Waals surface area contributed by atoms with Gasteiger partial charge in [-0.1, -0.05) is 12.5 Å². The average molecular weight is 346 g/mol. The molecule has 6 nitrogen and oxygen atoms in total. The highest BCUT2D eigenvalue weighted by Crippen LogP contribution is 2.23. The molecule has 0 bridgehead atoms. The SMILES string of the molecule is Cc1cc(NC(=O)NCC2CCCC(O)C2)nn1-c1cccc(F)c1. The van der Waals surface area contributed by atoms with Gasteiger partial charge in [-0.15, -0.1) is 5.10 Å². The Morgan fingerprint density at radius 1 is 1.40 bits per heavy atom. The van der Waals surface area contributed by atoms with Gasteiger partial charge >= 0.3 is 6.03 Å². The van der Waals surface area contributed by atoms with Gasteiger partial charge in [-0.25, -0.2) is 13.9 Å². The molecule has 1 aliphatic rings. The monoisotopic (exact) mass is 346 g/mol. The number of aliphatic hydroxyl groups excluding tert-OH is 1. The molecule has 3 rings (SSSR count). The van der Waals surface area contributed by atoms with E-state index in [1.54, 1.807) is 22.9 Å². The van der Waals surface area contributed by atoms with Crippen LogP contribution in [0.15, 0.2) is 30.3 Å². The van der Waals surface area contributed by atoms with E-state index in [1.165, 1.54) is 12.1 Å². The highest BCUT2D eigenvalue weighted by Gasteiger charge is 2.20. The van der Waals surface area contributed by atoms with E-state index in [-0.39, 0.29) is 18.0 Å². The van der Waals surface area contributed by atoms with Gasteiger partial charge in [0.2, 0.25) is 0 Å². The number of carbonyl (C=O) groups excluding carboxylic acids is 1. The zero-order valence-electron chi connectivity index (χ0n) is 14.2. The van der Waals surface area contributed by atoms with Crippen LogP contribution in [-0.2, 0) is 0 Å². The summed E-state index contributed by atoms with van der Waals surface area (Å²) in [6, 6.07) is 7.53. The molecule has 0 saturated heterocycles. The van der Waals surface area contributed by atoms with E-state index in [1.807, 2.05) is 6.92 Å². The van der Waals surface area contributed by atoms with E-state index < -0.39 is 0 Å². The van der Waals surface area contributed by atoms with Gasteiger partial charge in [0, 0.05) is 18.3 Å². The first-order valence-corrected chi connectivity index (χ1v) is 8.57. The van der Waals surface area contributed by atoms with E-state index in [4.69, 9.17) is 0 Å². The van der Waals surface area contributed by atoms with Crippen LogP contribution in [0.25, 0.3) is 5.69 Å². The lowest BCUT2D eigenvalue weighted by Crippen LogP contribution is -2.35. The fourth-order valence-corrected chi connectivity index (χ4v) is 3.25. The maximum Gasteiger partial charge on any atom is 0.320 e. The van der Waals surface area contributed by atoms with Crippen LogP contribution in [0.5, 0.6) is 0 Å². The maximum atomic E-state index is 13.4. The van der Waals surface area contributed by atoms with Crippen molar-refractivity contribution in [2.24, 2.45) is 5.92 Å². The summed E-state index contributed by atoms with van der Waals surface area (Å²) in [5.74, 6) is 0.373. The van der Waals surface area contributed by atoms with Crippen LogP contribution >= 0.6 is 0 Å². The molecular weight excluding hydrogens is 323 g/mol. The number of aliphatic hydroxyl groups is 1. The minimum atomic E-state index is -0.339. The first kappa shape index (κ1) is 17.4. The summed E-state index contributed by atoms with van der Waals surface area (Å²) < 4.78 is 14.9. The Kier molecular flexibility index (Phi) is 5.33. The first-order chi connectivity index (χ1) is 12.0. The number of carbonyl (C=O) groups is 1. The van der Waals surface area contributed by atoms with Gasteiger partial charge in [0.15, 0.2) is 5.82 Å². The Morgan fingerprint density at radius 2 is 2.24 bits per heavy atom. The number of hydrogen-bond donors (Lipinski definition) is 3. The summed E-state index contributed by atoms with van der Waals surface area (Å²) >= 11 is 0. The lowest BCUT2D eigenvalue weighted by molar-refractivity contribution is 0.101. The molecule has 0 aliphatic heterocycles. The van der Waals surface area contributed by atoms with E-state index in [2.05, 4.69) is 15.7 Å². The van der Waals surface area contributed by atoms with Gasteiger partial charge in [-0.3, -0.25) is 5.32 Å². The van der Waals surface area contributed by atoms with Crippen LogP contribution < -0.4 is 10.6 Å². The van der Waals surface area contributed by atoms with Crippen LogP contribution in [0, 0.1) is 18.7 Å². The van der Waals surface area contributed by atoms with Crippen LogP contribution in [-0.4, -0.2) is 33.6 Å². The number of nitrogens with one attached hydrogen (secondary N) is 2. The van der Waals surface area contributed by atoms with Crippen molar-refractivity contribution in [3.8, 4) is 5.69 Å². The number of nitrogens with zero attached hydrogens (tertiary/aromatic N) is 2. The predicted molar refractivity (Wildman–Crippen MR) is 93.2 cm³/mol. The number of halogens is 1. The lowest BCUT2D eigenvalue weighted by Gasteiger charge is -2.25. The van der Waals surface area contributed by atoms with Gasteiger partial charge in [-0.05, 0) is 50.3 Å². The molecule has 0 radical (unpaired) electrons. The molecule has 1 fully saturated rings. The summed E-state index contributed by atoms with van der Waals surface area (Å²) in [5, 5.41) is 19.5. The first-order valence-electron chi connectivity index (χ1n) is 8.57. The molecular formula is C18H23FN4O2. The second-order valence-electron chi connectivity index (χ2n) is 6.58. The van der Waals surface area contributed by atoms with Gasteiger partial charge in [-0.2, -0.15) is 0 Å². The Bertz CT molecular complexity index is 746. The van der Waals surface area contributed by atoms with Gasteiger partial charge in [0.1, 0.15) is 5.82 Å². The summed E-state index contributed by atoms with van der Waals surface area (Å²) in [4.78, 5) is 12.1. The summed E-state index contributed by atoms with van der Waals surface area (Å²) in [6.45, 7) is 2.37. The fourth-order valence-electron chi connectivity index (χ4n) is 3.25. The van der Waals surface area contributed by atoms with Gasteiger partial charge in [0.05, 0.1) is 11.8 Å². The third-order valence-corrected chi connectivity index (χ3v) is 4.49. The predicted octanol–water partition coefficient (Wildman–Crippen LogP) is 2.99. The molecule has 2 unspecified atom stereocenters. The second kappa shape index (κ2) is 7.65. The van der Waals surface area contributed by atoms with Crippen molar-refractivity contribution in [1.29, 1.82) is 0 Å². The van der Waals surface area contributed by atoms with Crippen molar-refractivity contribution in [2.75, 3.05) is 11.9 Å². The third kappa shape index (κ3) is 4.57. The third-order valence-electron chi connectivity index (χ3n) is 4.49. The van der Waals surface area contributed by atoms with Crippen LogP contribution in [0.2, 0.25) is 0 Å². The lowest BCUT2D eigenvalue weighted by atomic mass is 9.87. The number of aromatic nitrogens is 2. The number of amides is 2. The molecule has 25 heavy (non-hydrogen) atoms. The summed E-state index contributed by atoms with van der Waals surface area (Å²) in [5.41, 5.74) is 1.39. The molecule has 2 aromatic rings. The number of anilines is 1. The number of rotatable bonds is 4. The molecule has 134 valence electrons. The van der Waals surface area contributed by atoms with Crippen molar-refractivity contribution >= 4 is 11.8 Å². The Hall–Kier alpha value is -2.41. The number of benzene rings is 1. The highest BCUT2D eigenvalue weighted by atomic mass is 19.1. The van der Waals surface area contributed by atoms with Crippen molar-refractivity contribution < 1.29 is 14.3 Å². The number of urea groups is 1. The van der Waals surface area contributed by atoms with E-state index >= 15 is 0 Å². The minimum Gasteiger partial charge on any atom is -0.393 e. The topological polar surface area (TPSA) is 79.2 Å². The smallest absolute Gasteiger partial charge is 0.320 e. The highest BCUT2D eigenvalue weighted by molar-refractivity contribution is 5.88. The molecule has 0 spiro atoms. The Balaban J connectivity index is 1.58. The molecule has 1 heterocycles. The van der Waals surface area contributed by atoms with Crippen LogP contribution in [0.1, 0.15) is 31.4 Å². The molecule has 1 aromatic heterocycles. The maximum absolute atomic E-state index is 13.4. The second-order valence-corrected chi connectivity index (χ2v) is 6.58. The van der Waals surface area contributed by atoms with E-state index in [0.29, 0.717) is 24.0 Å². The molecule has 1 saturated carbocycles. The molecule has 7 heteroatoms. The average Bonchev–Trinajstić information content (AvgIpc) is 2.93. The van der Waals surface area contributed by atoms with Gasteiger partial charge in [0.25, 0.3) is 0 Å². The summed E-state index contributed by atoms with van der Waals surface area (Å²) in [7, 11) is 0. The van der Waals surface area contributed by atoms with Crippen LogP contribution in [0.4, 0.5) is 15.0 Å². The van der Waals surface area contributed by atoms with Crippen molar-refractivity contribution in [3.63, 3.8) is 0 Å². The van der Waals surface area contributed by atoms with Crippen molar-refractivity contribution in [3.05, 3.63) is 41.8 Å². The largest absolute Gasteiger partial charge is 0.393 e.